The Morgan fingerprint density at radius 2 is 1.60 bits per heavy atom. The first-order chi connectivity index (χ1) is 12.1. The number of benzene rings is 2. The number of carbonyl (C=O) groups excluding carboxylic acids is 2. The topological polar surface area (TPSA) is 67.4 Å². The fourth-order valence-corrected chi connectivity index (χ4v) is 2.96. The van der Waals surface area contributed by atoms with Gasteiger partial charge in [-0.05, 0) is 68.1 Å². The summed E-state index contributed by atoms with van der Waals surface area (Å²) < 4.78 is 5.91. The molecular formula is C20H22N2O3. The van der Waals surface area contributed by atoms with Gasteiger partial charge in [0.15, 0.2) is 0 Å². The molecule has 1 aliphatic rings. The molecule has 1 aliphatic carbocycles. The van der Waals surface area contributed by atoms with Gasteiger partial charge in [0.05, 0.1) is 6.10 Å². The van der Waals surface area contributed by atoms with Gasteiger partial charge >= 0.3 is 0 Å². The van der Waals surface area contributed by atoms with Gasteiger partial charge in [-0.3, -0.25) is 9.59 Å². The molecule has 5 heteroatoms. The quantitative estimate of drug-likeness (QED) is 0.858. The van der Waals surface area contributed by atoms with Crippen LogP contribution in [-0.4, -0.2) is 17.9 Å². The second-order valence-electron chi connectivity index (χ2n) is 6.26. The molecular weight excluding hydrogens is 316 g/mol. The molecule has 5 nitrogen and oxygen atoms in total. The van der Waals surface area contributed by atoms with E-state index in [0.717, 1.165) is 18.6 Å². The van der Waals surface area contributed by atoms with Gasteiger partial charge in [0.25, 0.3) is 5.91 Å². The molecule has 0 bridgehead atoms. The highest BCUT2D eigenvalue weighted by Crippen LogP contribution is 2.24. The molecule has 2 aromatic rings. The van der Waals surface area contributed by atoms with Crippen LogP contribution in [0.2, 0.25) is 0 Å². The van der Waals surface area contributed by atoms with Gasteiger partial charge in [0.1, 0.15) is 5.75 Å². The molecule has 0 aromatic heterocycles. The lowest BCUT2D eigenvalue weighted by molar-refractivity contribution is -0.114. The number of carbonyl (C=O) groups is 2. The molecule has 0 atom stereocenters. The Hall–Kier alpha value is -2.82. The number of ether oxygens (including phenoxy) is 1. The van der Waals surface area contributed by atoms with Crippen LogP contribution in [0, 0.1) is 0 Å². The Morgan fingerprint density at radius 1 is 0.960 bits per heavy atom. The maximum Gasteiger partial charge on any atom is 0.255 e. The largest absolute Gasteiger partial charge is 0.490 e. The van der Waals surface area contributed by atoms with Crippen LogP contribution in [-0.2, 0) is 4.79 Å². The van der Waals surface area contributed by atoms with Crippen molar-refractivity contribution in [3.63, 3.8) is 0 Å². The number of nitrogens with one attached hydrogen (secondary N) is 2. The summed E-state index contributed by atoms with van der Waals surface area (Å²) in [6.07, 6.45) is 4.96. The average molecular weight is 338 g/mol. The van der Waals surface area contributed by atoms with E-state index >= 15 is 0 Å². The number of rotatable bonds is 5. The summed E-state index contributed by atoms with van der Waals surface area (Å²) in [5.41, 5.74) is 1.83. The second kappa shape index (κ2) is 7.83. The minimum atomic E-state index is -0.201. The maximum absolute atomic E-state index is 12.4. The zero-order valence-corrected chi connectivity index (χ0v) is 14.2. The summed E-state index contributed by atoms with van der Waals surface area (Å²) in [5, 5.41) is 5.53. The Labute approximate surface area is 147 Å². The van der Waals surface area contributed by atoms with E-state index in [0.29, 0.717) is 23.0 Å². The Morgan fingerprint density at radius 3 is 2.24 bits per heavy atom. The third kappa shape index (κ3) is 4.83. The highest BCUT2D eigenvalue weighted by atomic mass is 16.5. The molecule has 130 valence electrons. The van der Waals surface area contributed by atoms with Gasteiger partial charge in [-0.2, -0.15) is 0 Å². The van der Waals surface area contributed by atoms with Gasteiger partial charge in [-0.1, -0.05) is 6.07 Å². The SMILES string of the molecule is CC(=O)Nc1cccc(NC(=O)c2ccc(OC3CCCC3)cc2)c1. The molecule has 0 unspecified atom stereocenters. The van der Waals surface area contributed by atoms with Crippen molar-refractivity contribution < 1.29 is 14.3 Å². The molecule has 2 amide bonds. The molecule has 0 heterocycles. The first-order valence-corrected chi connectivity index (χ1v) is 8.56. The van der Waals surface area contributed by atoms with Crippen LogP contribution in [0.3, 0.4) is 0 Å². The predicted octanol–water partition coefficient (Wildman–Crippen LogP) is 4.22. The van der Waals surface area contributed by atoms with Gasteiger partial charge in [0, 0.05) is 23.9 Å². The van der Waals surface area contributed by atoms with Crippen LogP contribution in [0.25, 0.3) is 0 Å². The zero-order chi connectivity index (χ0) is 17.6. The van der Waals surface area contributed by atoms with Crippen molar-refractivity contribution in [1.82, 2.24) is 0 Å². The first-order valence-electron chi connectivity index (χ1n) is 8.56. The minimum absolute atomic E-state index is 0.152. The molecule has 1 fully saturated rings. The molecule has 25 heavy (non-hydrogen) atoms. The van der Waals surface area contributed by atoms with E-state index in [9.17, 15) is 9.59 Å². The first kappa shape index (κ1) is 17.0. The van der Waals surface area contributed by atoms with Crippen LogP contribution >= 0.6 is 0 Å². The molecule has 0 saturated heterocycles. The summed E-state index contributed by atoms with van der Waals surface area (Å²) in [5.74, 6) is 0.449. The maximum atomic E-state index is 12.4. The van der Waals surface area contributed by atoms with Crippen LogP contribution in [0.5, 0.6) is 5.75 Å². The van der Waals surface area contributed by atoms with Crippen molar-refractivity contribution in [3.05, 3.63) is 54.1 Å². The zero-order valence-electron chi connectivity index (χ0n) is 14.2. The fourth-order valence-electron chi connectivity index (χ4n) is 2.96. The summed E-state index contributed by atoms with van der Waals surface area (Å²) >= 11 is 0. The molecule has 0 spiro atoms. The van der Waals surface area contributed by atoms with E-state index in [1.165, 1.54) is 19.8 Å². The van der Waals surface area contributed by atoms with Gasteiger partial charge in [-0.15, -0.1) is 0 Å². The monoisotopic (exact) mass is 338 g/mol. The third-order valence-corrected chi connectivity index (χ3v) is 4.16. The standard InChI is InChI=1S/C20H22N2O3/c1-14(23)21-16-5-4-6-17(13-16)22-20(24)15-9-11-19(12-10-15)25-18-7-2-3-8-18/h4-6,9-13,18H,2-3,7-8H2,1H3,(H,21,23)(H,22,24). The van der Waals surface area contributed by atoms with Crippen molar-refractivity contribution >= 4 is 23.2 Å². The second-order valence-corrected chi connectivity index (χ2v) is 6.26. The van der Waals surface area contributed by atoms with E-state index in [1.807, 2.05) is 12.1 Å². The highest BCUT2D eigenvalue weighted by Gasteiger charge is 2.16. The van der Waals surface area contributed by atoms with E-state index < -0.39 is 0 Å². The smallest absolute Gasteiger partial charge is 0.255 e. The third-order valence-electron chi connectivity index (χ3n) is 4.16. The molecule has 0 radical (unpaired) electrons. The van der Waals surface area contributed by atoms with Gasteiger partial charge in [-0.25, -0.2) is 0 Å². The number of amides is 2. The molecule has 0 aliphatic heterocycles. The van der Waals surface area contributed by atoms with Gasteiger partial charge < -0.3 is 15.4 Å². The summed E-state index contributed by atoms with van der Waals surface area (Å²) in [6, 6.07) is 14.2. The number of anilines is 2. The van der Waals surface area contributed by atoms with Crippen molar-refractivity contribution in [2.45, 2.75) is 38.7 Å². The van der Waals surface area contributed by atoms with Crippen molar-refractivity contribution in [3.8, 4) is 5.75 Å². The number of hydrogen-bond donors (Lipinski definition) is 2. The summed E-state index contributed by atoms with van der Waals surface area (Å²) in [4.78, 5) is 23.5. The van der Waals surface area contributed by atoms with E-state index in [2.05, 4.69) is 10.6 Å². The highest BCUT2D eigenvalue weighted by molar-refractivity contribution is 6.04. The molecule has 2 N–H and O–H groups in total. The fraction of sp³-hybridized carbons (Fsp3) is 0.300. The van der Waals surface area contributed by atoms with Crippen molar-refractivity contribution in [2.24, 2.45) is 0 Å². The van der Waals surface area contributed by atoms with Crippen LogP contribution in [0.4, 0.5) is 11.4 Å². The average Bonchev–Trinajstić information content (AvgIpc) is 3.08. The lowest BCUT2D eigenvalue weighted by Gasteiger charge is -2.13. The lowest BCUT2D eigenvalue weighted by atomic mass is 10.2. The van der Waals surface area contributed by atoms with Crippen LogP contribution in [0.1, 0.15) is 43.0 Å². The summed E-state index contributed by atoms with van der Waals surface area (Å²) in [6.45, 7) is 1.44. The van der Waals surface area contributed by atoms with E-state index in [4.69, 9.17) is 4.74 Å². The molecule has 1 saturated carbocycles. The van der Waals surface area contributed by atoms with E-state index in [1.54, 1.807) is 36.4 Å². The Kier molecular flexibility index (Phi) is 5.33. The molecule has 3 rings (SSSR count). The normalized spacial score (nSPS) is 14.1. The molecule has 2 aromatic carbocycles. The summed E-state index contributed by atoms with van der Waals surface area (Å²) in [7, 11) is 0. The number of hydrogen-bond acceptors (Lipinski definition) is 3. The predicted molar refractivity (Wildman–Crippen MR) is 98.0 cm³/mol. The Bertz CT molecular complexity index is 750. The van der Waals surface area contributed by atoms with Crippen molar-refractivity contribution in [1.29, 1.82) is 0 Å². The van der Waals surface area contributed by atoms with Gasteiger partial charge in [0.2, 0.25) is 5.91 Å². The Balaban J connectivity index is 1.61. The lowest BCUT2D eigenvalue weighted by Crippen LogP contribution is -2.13. The van der Waals surface area contributed by atoms with Crippen LogP contribution < -0.4 is 15.4 Å². The van der Waals surface area contributed by atoms with Crippen molar-refractivity contribution in [2.75, 3.05) is 10.6 Å². The van der Waals surface area contributed by atoms with Crippen LogP contribution in [0.15, 0.2) is 48.5 Å². The minimum Gasteiger partial charge on any atom is -0.490 e. The van der Waals surface area contributed by atoms with E-state index in [-0.39, 0.29) is 11.8 Å².